The molecule has 0 atom stereocenters. The molecular formula is C8H9Cl2NO2S. The number of nitrogens with one attached hydrogen (secondary N) is 1. The molecule has 0 aliphatic rings. The number of methoxy groups -OCH3 is 1. The van der Waals surface area contributed by atoms with E-state index in [0.717, 1.165) is 5.56 Å². The smallest absolute Gasteiger partial charge is 0.319 e. The molecule has 14 heavy (non-hydrogen) atoms. The molecule has 0 amide bonds. The summed E-state index contributed by atoms with van der Waals surface area (Å²) in [4.78, 5) is 10.8. The van der Waals surface area contributed by atoms with Crippen LogP contribution in [-0.2, 0) is 16.1 Å². The second-order valence-corrected chi connectivity index (χ2v) is 4.81. The molecule has 0 spiro atoms. The van der Waals surface area contributed by atoms with E-state index in [0.29, 0.717) is 15.2 Å². The van der Waals surface area contributed by atoms with Gasteiger partial charge in [-0.3, -0.25) is 4.79 Å². The van der Waals surface area contributed by atoms with Gasteiger partial charge < -0.3 is 10.1 Å². The van der Waals surface area contributed by atoms with E-state index in [1.54, 1.807) is 6.07 Å². The molecule has 0 radical (unpaired) electrons. The fourth-order valence-electron chi connectivity index (χ4n) is 0.866. The summed E-state index contributed by atoms with van der Waals surface area (Å²) in [6.07, 6.45) is 0. The van der Waals surface area contributed by atoms with E-state index in [1.807, 2.05) is 0 Å². The van der Waals surface area contributed by atoms with Crippen molar-refractivity contribution in [2.45, 2.75) is 6.54 Å². The van der Waals surface area contributed by atoms with Crippen LogP contribution in [0.3, 0.4) is 0 Å². The molecule has 0 bridgehead atoms. The molecule has 0 aromatic carbocycles. The number of carbonyl (C=O) groups is 1. The van der Waals surface area contributed by atoms with Crippen molar-refractivity contribution < 1.29 is 9.53 Å². The monoisotopic (exact) mass is 253 g/mol. The third-order valence-electron chi connectivity index (χ3n) is 1.54. The molecule has 0 fully saturated rings. The van der Waals surface area contributed by atoms with Crippen molar-refractivity contribution in [3.8, 4) is 0 Å². The van der Waals surface area contributed by atoms with E-state index < -0.39 is 0 Å². The molecule has 1 heterocycles. The Hall–Kier alpha value is -0.290. The lowest BCUT2D eigenvalue weighted by molar-refractivity contribution is -0.139. The highest BCUT2D eigenvalue weighted by Crippen LogP contribution is 2.30. The zero-order valence-electron chi connectivity index (χ0n) is 7.47. The highest BCUT2D eigenvalue weighted by atomic mass is 35.5. The van der Waals surface area contributed by atoms with Crippen LogP contribution in [0.25, 0.3) is 0 Å². The summed E-state index contributed by atoms with van der Waals surface area (Å²) < 4.78 is 5.75. The molecule has 0 aliphatic carbocycles. The van der Waals surface area contributed by atoms with Crippen LogP contribution in [0.4, 0.5) is 0 Å². The van der Waals surface area contributed by atoms with Gasteiger partial charge in [-0.15, -0.1) is 11.3 Å². The van der Waals surface area contributed by atoms with E-state index >= 15 is 0 Å². The quantitative estimate of drug-likeness (QED) is 0.838. The predicted molar refractivity (Wildman–Crippen MR) is 58.1 cm³/mol. The molecule has 0 unspecified atom stereocenters. The van der Waals surface area contributed by atoms with Crippen LogP contribution in [-0.4, -0.2) is 19.6 Å². The topological polar surface area (TPSA) is 38.3 Å². The lowest BCUT2D eigenvalue weighted by Gasteiger charge is -2.01. The lowest BCUT2D eigenvalue weighted by atomic mass is 10.3. The molecule has 0 aliphatic heterocycles. The van der Waals surface area contributed by atoms with E-state index in [9.17, 15) is 4.79 Å². The van der Waals surface area contributed by atoms with Gasteiger partial charge in [0.1, 0.15) is 0 Å². The Morgan fingerprint density at radius 2 is 2.36 bits per heavy atom. The van der Waals surface area contributed by atoms with Crippen LogP contribution in [0, 0.1) is 0 Å². The molecule has 6 heteroatoms. The minimum atomic E-state index is -0.303. The number of rotatable bonds is 4. The van der Waals surface area contributed by atoms with Gasteiger partial charge in [-0.05, 0) is 11.6 Å². The second-order valence-electron chi connectivity index (χ2n) is 2.53. The van der Waals surface area contributed by atoms with E-state index in [1.165, 1.54) is 18.4 Å². The number of esters is 1. The maximum Gasteiger partial charge on any atom is 0.319 e. The number of thiophene rings is 1. The molecule has 3 nitrogen and oxygen atoms in total. The van der Waals surface area contributed by atoms with Crippen LogP contribution >= 0.6 is 34.5 Å². The molecule has 0 saturated heterocycles. The van der Waals surface area contributed by atoms with Gasteiger partial charge in [-0.2, -0.15) is 0 Å². The Labute approximate surface area is 96.0 Å². The number of halogens is 2. The largest absolute Gasteiger partial charge is 0.468 e. The zero-order chi connectivity index (χ0) is 10.6. The third-order valence-corrected chi connectivity index (χ3v) is 3.11. The van der Waals surface area contributed by atoms with Crippen molar-refractivity contribution >= 4 is 40.5 Å². The number of carbonyl (C=O) groups excluding carboxylic acids is 1. The summed E-state index contributed by atoms with van der Waals surface area (Å²) in [6.45, 7) is 0.678. The highest BCUT2D eigenvalue weighted by molar-refractivity contribution is 7.20. The van der Waals surface area contributed by atoms with Crippen molar-refractivity contribution in [2.24, 2.45) is 0 Å². The van der Waals surface area contributed by atoms with Crippen molar-refractivity contribution in [2.75, 3.05) is 13.7 Å². The van der Waals surface area contributed by atoms with Gasteiger partial charge in [0.05, 0.1) is 22.3 Å². The van der Waals surface area contributed by atoms with Crippen LogP contribution in [0.15, 0.2) is 6.07 Å². The normalized spacial score (nSPS) is 10.2. The summed E-state index contributed by atoms with van der Waals surface area (Å²) in [7, 11) is 1.35. The summed E-state index contributed by atoms with van der Waals surface area (Å²) in [5.41, 5.74) is 0.894. The Balaban J connectivity index is 2.38. The van der Waals surface area contributed by atoms with Gasteiger partial charge in [0, 0.05) is 6.54 Å². The third kappa shape index (κ3) is 3.46. The molecule has 1 aromatic heterocycles. The second kappa shape index (κ2) is 5.56. The summed E-state index contributed by atoms with van der Waals surface area (Å²) in [5.74, 6) is -0.303. The summed E-state index contributed by atoms with van der Waals surface area (Å²) >= 11 is 12.9. The maximum absolute atomic E-state index is 10.8. The fraction of sp³-hybridized carbons (Fsp3) is 0.375. The van der Waals surface area contributed by atoms with Crippen LogP contribution < -0.4 is 5.32 Å². The van der Waals surface area contributed by atoms with Gasteiger partial charge in [-0.25, -0.2) is 0 Å². The molecule has 0 saturated carbocycles. The SMILES string of the molecule is COC(=O)CNCc1cc(Cl)sc1Cl. The fourth-order valence-corrected chi connectivity index (χ4v) is 2.35. The molecule has 1 aromatic rings. The minimum Gasteiger partial charge on any atom is -0.468 e. The summed E-state index contributed by atoms with van der Waals surface area (Å²) in [6, 6.07) is 1.78. The molecular weight excluding hydrogens is 245 g/mol. The Kier molecular flexibility index (Phi) is 4.68. The van der Waals surface area contributed by atoms with E-state index in [-0.39, 0.29) is 12.5 Å². The van der Waals surface area contributed by atoms with Gasteiger partial charge in [0.2, 0.25) is 0 Å². The van der Waals surface area contributed by atoms with Crippen molar-refractivity contribution in [3.63, 3.8) is 0 Å². The average Bonchev–Trinajstić information content (AvgIpc) is 2.45. The Morgan fingerprint density at radius 1 is 1.64 bits per heavy atom. The molecule has 1 N–H and O–H groups in total. The highest BCUT2D eigenvalue weighted by Gasteiger charge is 2.06. The number of hydrogen-bond acceptors (Lipinski definition) is 4. The standard InChI is InChI=1S/C8H9Cl2NO2S/c1-13-7(12)4-11-3-5-2-6(9)14-8(5)10/h2,11H,3-4H2,1H3. The Morgan fingerprint density at radius 3 is 2.86 bits per heavy atom. The number of hydrogen-bond donors (Lipinski definition) is 1. The molecule has 78 valence electrons. The molecule has 1 rings (SSSR count). The van der Waals surface area contributed by atoms with Crippen molar-refractivity contribution in [3.05, 3.63) is 20.3 Å². The first kappa shape index (κ1) is 11.8. The van der Waals surface area contributed by atoms with E-state index in [2.05, 4.69) is 10.1 Å². The van der Waals surface area contributed by atoms with Crippen LogP contribution in [0.1, 0.15) is 5.56 Å². The first-order valence-electron chi connectivity index (χ1n) is 3.84. The minimum absolute atomic E-state index is 0.167. The Bertz CT molecular complexity index is 327. The van der Waals surface area contributed by atoms with Gasteiger partial charge in [-0.1, -0.05) is 23.2 Å². The predicted octanol–water partition coefficient (Wildman–Crippen LogP) is 2.32. The van der Waals surface area contributed by atoms with Crippen LogP contribution in [0.5, 0.6) is 0 Å². The summed E-state index contributed by atoms with van der Waals surface area (Å²) in [5, 5.41) is 2.90. The van der Waals surface area contributed by atoms with Gasteiger partial charge in [0.25, 0.3) is 0 Å². The van der Waals surface area contributed by atoms with Crippen LogP contribution in [0.2, 0.25) is 8.67 Å². The maximum atomic E-state index is 10.8. The van der Waals surface area contributed by atoms with Gasteiger partial charge in [0.15, 0.2) is 0 Å². The average molecular weight is 254 g/mol. The first-order valence-corrected chi connectivity index (χ1v) is 5.42. The number of ether oxygens (including phenoxy) is 1. The van der Waals surface area contributed by atoms with Crippen molar-refractivity contribution in [1.29, 1.82) is 0 Å². The lowest BCUT2D eigenvalue weighted by Crippen LogP contribution is -2.23. The van der Waals surface area contributed by atoms with E-state index in [4.69, 9.17) is 23.2 Å². The van der Waals surface area contributed by atoms with Gasteiger partial charge >= 0.3 is 5.97 Å². The first-order chi connectivity index (χ1) is 6.63. The van der Waals surface area contributed by atoms with Crippen molar-refractivity contribution in [1.82, 2.24) is 5.32 Å². The zero-order valence-corrected chi connectivity index (χ0v) is 9.80.